The smallest absolute Gasteiger partial charge is 0.134 e. The van der Waals surface area contributed by atoms with E-state index in [0.29, 0.717) is 0 Å². The van der Waals surface area contributed by atoms with Gasteiger partial charge in [0, 0.05) is 10.9 Å². The minimum Gasteiger partial charge on any atom is -0.464 e. The normalized spacial score (nSPS) is 12.9. The summed E-state index contributed by atoms with van der Waals surface area (Å²) in [6.45, 7) is 2.25. The molecule has 1 aromatic carbocycles. The van der Waals surface area contributed by atoms with Crippen LogP contribution in [0.1, 0.15) is 76.4 Å². The van der Waals surface area contributed by atoms with Crippen LogP contribution in [-0.2, 0) is 0 Å². The molecule has 1 atom stereocenters. The zero-order valence-corrected chi connectivity index (χ0v) is 13.2. The van der Waals surface area contributed by atoms with E-state index in [4.69, 9.17) is 4.42 Å². The van der Waals surface area contributed by atoms with Crippen LogP contribution in [0.15, 0.2) is 34.9 Å². The van der Waals surface area contributed by atoms with Crippen molar-refractivity contribution in [3.05, 3.63) is 36.1 Å². The van der Waals surface area contributed by atoms with E-state index >= 15 is 0 Å². The Balaban J connectivity index is 1.67. The fourth-order valence-electron chi connectivity index (χ4n) is 2.88. The van der Waals surface area contributed by atoms with Crippen LogP contribution >= 0.6 is 0 Å². The van der Waals surface area contributed by atoms with Gasteiger partial charge in [-0.2, -0.15) is 0 Å². The van der Waals surface area contributed by atoms with Crippen molar-refractivity contribution in [3.63, 3.8) is 0 Å². The molecule has 0 saturated carbocycles. The summed E-state index contributed by atoms with van der Waals surface area (Å²) < 4.78 is 5.49. The minimum absolute atomic E-state index is 0.395. The molecule has 0 spiro atoms. The maximum atomic E-state index is 10.3. The van der Waals surface area contributed by atoms with Crippen molar-refractivity contribution in [2.75, 3.05) is 0 Å². The Kier molecular flexibility index (Phi) is 6.81. The second-order valence-corrected chi connectivity index (χ2v) is 5.97. The average molecular weight is 288 g/mol. The third kappa shape index (κ3) is 4.89. The van der Waals surface area contributed by atoms with Crippen molar-refractivity contribution in [2.45, 2.75) is 70.8 Å². The van der Waals surface area contributed by atoms with Crippen molar-refractivity contribution >= 4 is 11.0 Å². The first-order valence-corrected chi connectivity index (χ1v) is 8.47. The highest BCUT2D eigenvalue weighted by Crippen LogP contribution is 2.29. The largest absolute Gasteiger partial charge is 0.464 e. The average Bonchev–Trinajstić information content (AvgIpc) is 2.94. The van der Waals surface area contributed by atoms with Crippen LogP contribution in [0.25, 0.3) is 11.0 Å². The van der Waals surface area contributed by atoms with Gasteiger partial charge in [0.15, 0.2) is 0 Å². The Morgan fingerprint density at radius 3 is 2.38 bits per heavy atom. The van der Waals surface area contributed by atoms with Gasteiger partial charge in [-0.15, -0.1) is 0 Å². The van der Waals surface area contributed by atoms with Crippen LogP contribution in [0.4, 0.5) is 0 Å². The summed E-state index contributed by atoms with van der Waals surface area (Å²) in [6.07, 6.45) is 12.5. The van der Waals surface area contributed by atoms with Gasteiger partial charge in [-0.3, -0.25) is 0 Å². The lowest BCUT2D eigenvalue weighted by Crippen LogP contribution is -1.96. The summed E-state index contributed by atoms with van der Waals surface area (Å²) in [6, 6.07) is 7.91. The monoisotopic (exact) mass is 288 g/mol. The first kappa shape index (κ1) is 16.1. The van der Waals surface area contributed by atoms with E-state index < -0.39 is 6.10 Å². The second-order valence-electron chi connectivity index (χ2n) is 5.97. The van der Waals surface area contributed by atoms with Gasteiger partial charge in [0.2, 0.25) is 0 Å². The predicted molar refractivity (Wildman–Crippen MR) is 88.4 cm³/mol. The van der Waals surface area contributed by atoms with Gasteiger partial charge in [-0.25, -0.2) is 0 Å². The number of fused-ring (bicyclic) bond motifs is 1. The molecular weight excluding hydrogens is 260 g/mol. The third-order valence-electron chi connectivity index (χ3n) is 4.20. The maximum absolute atomic E-state index is 10.3. The number of para-hydroxylation sites is 1. The van der Waals surface area contributed by atoms with Gasteiger partial charge >= 0.3 is 0 Å². The summed E-state index contributed by atoms with van der Waals surface area (Å²) >= 11 is 0. The van der Waals surface area contributed by atoms with Crippen molar-refractivity contribution in [2.24, 2.45) is 0 Å². The Bertz CT molecular complexity index is 515. The Morgan fingerprint density at radius 1 is 0.952 bits per heavy atom. The Hall–Kier alpha value is -1.28. The van der Waals surface area contributed by atoms with Gasteiger partial charge in [-0.1, -0.05) is 76.5 Å². The SMILES string of the molecule is CCCCCCCCCCC(O)c1coc2ccccc12. The molecule has 2 nitrogen and oxygen atoms in total. The standard InChI is InChI=1S/C19H28O2/c1-2-3-4-5-6-7-8-9-13-18(20)17-15-21-19-14-11-10-12-16(17)19/h10-12,14-15,18,20H,2-9,13H2,1H3. The molecule has 0 saturated heterocycles. The maximum Gasteiger partial charge on any atom is 0.134 e. The van der Waals surface area contributed by atoms with Crippen molar-refractivity contribution in [1.82, 2.24) is 0 Å². The zero-order chi connectivity index (χ0) is 14.9. The van der Waals surface area contributed by atoms with Gasteiger partial charge < -0.3 is 9.52 Å². The summed E-state index contributed by atoms with van der Waals surface area (Å²) in [5.74, 6) is 0. The summed E-state index contributed by atoms with van der Waals surface area (Å²) in [5.41, 5.74) is 1.80. The molecule has 1 aromatic heterocycles. The van der Waals surface area contributed by atoms with Crippen LogP contribution in [-0.4, -0.2) is 5.11 Å². The van der Waals surface area contributed by atoms with Crippen LogP contribution in [0, 0.1) is 0 Å². The number of rotatable bonds is 10. The molecule has 21 heavy (non-hydrogen) atoms. The van der Waals surface area contributed by atoms with E-state index in [1.54, 1.807) is 6.26 Å². The highest BCUT2D eigenvalue weighted by Gasteiger charge is 2.13. The van der Waals surface area contributed by atoms with E-state index in [-0.39, 0.29) is 0 Å². The van der Waals surface area contributed by atoms with Gasteiger partial charge in [-0.05, 0) is 12.5 Å². The molecular formula is C19H28O2. The number of benzene rings is 1. The van der Waals surface area contributed by atoms with Crippen LogP contribution < -0.4 is 0 Å². The molecule has 0 radical (unpaired) electrons. The quantitative estimate of drug-likeness (QED) is 0.544. The molecule has 0 amide bonds. The molecule has 1 heterocycles. The number of hydrogen-bond acceptors (Lipinski definition) is 2. The van der Waals surface area contributed by atoms with Gasteiger partial charge in [0.1, 0.15) is 5.58 Å². The summed E-state index contributed by atoms with van der Waals surface area (Å²) in [7, 11) is 0. The van der Waals surface area contributed by atoms with E-state index in [0.717, 1.165) is 29.4 Å². The minimum atomic E-state index is -0.395. The van der Waals surface area contributed by atoms with Crippen LogP contribution in [0.2, 0.25) is 0 Å². The fraction of sp³-hybridized carbons (Fsp3) is 0.579. The third-order valence-corrected chi connectivity index (χ3v) is 4.20. The zero-order valence-electron chi connectivity index (χ0n) is 13.2. The molecule has 0 fully saturated rings. The number of hydrogen-bond donors (Lipinski definition) is 1. The Morgan fingerprint density at radius 2 is 1.62 bits per heavy atom. The van der Waals surface area contributed by atoms with E-state index in [1.165, 1.54) is 44.9 Å². The highest BCUT2D eigenvalue weighted by atomic mass is 16.3. The highest BCUT2D eigenvalue weighted by molar-refractivity contribution is 5.81. The topological polar surface area (TPSA) is 33.4 Å². The number of aliphatic hydroxyl groups excluding tert-OH is 1. The molecule has 0 aliphatic heterocycles. The van der Waals surface area contributed by atoms with E-state index in [9.17, 15) is 5.11 Å². The van der Waals surface area contributed by atoms with E-state index in [2.05, 4.69) is 6.92 Å². The Labute approximate surface area is 128 Å². The molecule has 0 bridgehead atoms. The predicted octanol–water partition coefficient (Wildman–Crippen LogP) is 6.00. The molecule has 116 valence electrons. The summed E-state index contributed by atoms with van der Waals surface area (Å²) in [5, 5.41) is 11.4. The van der Waals surface area contributed by atoms with Crippen LogP contribution in [0.5, 0.6) is 0 Å². The first-order valence-electron chi connectivity index (χ1n) is 8.47. The van der Waals surface area contributed by atoms with Crippen molar-refractivity contribution < 1.29 is 9.52 Å². The van der Waals surface area contributed by atoms with Gasteiger partial charge in [0.25, 0.3) is 0 Å². The fourth-order valence-corrected chi connectivity index (χ4v) is 2.88. The van der Waals surface area contributed by atoms with Crippen molar-refractivity contribution in [3.8, 4) is 0 Å². The first-order chi connectivity index (χ1) is 10.3. The van der Waals surface area contributed by atoms with Gasteiger partial charge in [0.05, 0.1) is 12.4 Å². The molecule has 1 N–H and O–H groups in total. The molecule has 1 unspecified atom stereocenters. The lowest BCUT2D eigenvalue weighted by atomic mass is 10.0. The molecule has 0 aliphatic rings. The van der Waals surface area contributed by atoms with Crippen LogP contribution in [0.3, 0.4) is 0 Å². The number of unbranched alkanes of at least 4 members (excludes halogenated alkanes) is 7. The second kappa shape index (κ2) is 8.89. The van der Waals surface area contributed by atoms with Crippen molar-refractivity contribution in [1.29, 1.82) is 0 Å². The lowest BCUT2D eigenvalue weighted by Gasteiger charge is -2.09. The molecule has 2 aromatic rings. The summed E-state index contributed by atoms with van der Waals surface area (Å²) in [4.78, 5) is 0. The molecule has 0 aliphatic carbocycles. The lowest BCUT2D eigenvalue weighted by molar-refractivity contribution is 0.163. The molecule has 2 rings (SSSR count). The number of aliphatic hydroxyl groups is 1. The molecule has 2 heteroatoms. The number of furan rings is 1. The van der Waals surface area contributed by atoms with E-state index in [1.807, 2.05) is 24.3 Å².